The highest BCUT2D eigenvalue weighted by Gasteiger charge is 2.04. The number of rotatable bonds is 5. The molecule has 5 heteroatoms. The predicted octanol–water partition coefficient (Wildman–Crippen LogP) is 1.28. The van der Waals surface area contributed by atoms with Crippen LogP contribution >= 0.6 is 0 Å². The van der Waals surface area contributed by atoms with E-state index in [0.717, 1.165) is 17.0 Å². The van der Waals surface area contributed by atoms with Gasteiger partial charge in [0, 0.05) is 6.20 Å². The van der Waals surface area contributed by atoms with Crippen molar-refractivity contribution in [2.75, 3.05) is 7.11 Å². The lowest BCUT2D eigenvalue weighted by Crippen LogP contribution is -2.24. The zero-order valence-electron chi connectivity index (χ0n) is 10.1. The molecule has 2 aromatic rings. The second kappa shape index (κ2) is 5.86. The molecule has 0 spiro atoms. The van der Waals surface area contributed by atoms with Gasteiger partial charge < -0.3 is 15.0 Å². The molecule has 0 fully saturated rings. The van der Waals surface area contributed by atoms with Gasteiger partial charge in [-0.2, -0.15) is 0 Å². The van der Waals surface area contributed by atoms with Crippen molar-refractivity contribution in [2.24, 2.45) is 0 Å². The number of aromatic amines is 1. The van der Waals surface area contributed by atoms with Gasteiger partial charge in [-0.1, -0.05) is 12.1 Å². The van der Waals surface area contributed by atoms with Crippen LogP contribution < -0.4 is 10.1 Å². The SMILES string of the molecule is COc1ccc(CC(=O)NCc2cnc[nH]2)cc1. The lowest BCUT2D eigenvalue weighted by molar-refractivity contribution is -0.120. The lowest BCUT2D eigenvalue weighted by Gasteiger charge is -2.05. The van der Waals surface area contributed by atoms with Crippen LogP contribution in [0.3, 0.4) is 0 Å². The van der Waals surface area contributed by atoms with Gasteiger partial charge in [-0.15, -0.1) is 0 Å². The predicted molar refractivity (Wildman–Crippen MR) is 67.1 cm³/mol. The number of amides is 1. The number of benzene rings is 1. The summed E-state index contributed by atoms with van der Waals surface area (Å²) < 4.78 is 5.06. The van der Waals surface area contributed by atoms with Gasteiger partial charge in [0.2, 0.25) is 5.91 Å². The zero-order valence-corrected chi connectivity index (χ0v) is 10.1. The van der Waals surface area contributed by atoms with Crippen molar-refractivity contribution in [1.29, 1.82) is 0 Å². The van der Waals surface area contributed by atoms with Crippen molar-refractivity contribution in [3.8, 4) is 5.75 Å². The first kappa shape index (κ1) is 12.2. The molecule has 0 radical (unpaired) electrons. The highest BCUT2D eigenvalue weighted by Crippen LogP contribution is 2.11. The molecule has 0 bridgehead atoms. The third-order valence-electron chi connectivity index (χ3n) is 2.55. The molecule has 0 aliphatic carbocycles. The van der Waals surface area contributed by atoms with Crippen LogP contribution in [0.25, 0.3) is 0 Å². The number of carbonyl (C=O) groups excluding carboxylic acids is 1. The van der Waals surface area contributed by atoms with Gasteiger partial charge in [0.05, 0.1) is 32.1 Å². The molecule has 0 aliphatic heterocycles. The molecule has 1 heterocycles. The number of methoxy groups -OCH3 is 1. The molecule has 2 rings (SSSR count). The van der Waals surface area contributed by atoms with Crippen LogP contribution in [0.4, 0.5) is 0 Å². The van der Waals surface area contributed by atoms with Crippen molar-refractivity contribution in [3.63, 3.8) is 0 Å². The van der Waals surface area contributed by atoms with Gasteiger partial charge in [-0.25, -0.2) is 4.98 Å². The Kier molecular flexibility index (Phi) is 3.96. The summed E-state index contributed by atoms with van der Waals surface area (Å²) in [5, 5.41) is 2.82. The zero-order chi connectivity index (χ0) is 12.8. The first-order chi connectivity index (χ1) is 8.78. The smallest absolute Gasteiger partial charge is 0.224 e. The minimum absolute atomic E-state index is 0.0187. The number of aromatic nitrogens is 2. The van der Waals surface area contributed by atoms with Crippen LogP contribution in [0.2, 0.25) is 0 Å². The number of nitrogens with zero attached hydrogens (tertiary/aromatic N) is 1. The lowest BCUT2D eigenvalue weighted by atomic mass is 10.1. The summed E-state index contributed by atoms with van der Waals surface area (Å²) in [7, 11) is 1.62. The van der Waals surface area contributed by atoms with Crippen LogP contribution in [0.1, 0.15) is 11.3 Å². The van der Waals surface area contributed by atoms with E-state index in [1.165, 1.54) is 0 Å². The highest BCUT2D eigenvalue weighted by atomic mass is 16.5. The maximum Gasteiger partial charge on any atom is 0.224 e. The Hall–Kier alpha value is -2.30. The first-order valence-corrected chi connectivity index (χ1v) is 5.65. The van der Waals surface area contributed by atoms with Gasteiger partial charge in [-0.3, -0.25) is 4.79 Å². The van der Waals surface area contributed by atoms with Crippen LogP contribution in [-0.4, -0.2) is 23.0 Å². The second-order valence-corrected chi connectivity index (χ2v) is 3.88. The van der Waals surface area contributed by atoms with E-state index in [4.69, 9.17) is 4.74 Å². The molecule has 0 saturated carbocycles. The van der Waals surface area contributed by atoms with Crippen molar-refractivity contribution in [2.45, 2.75) is 13.0 Å². The Morgan fingerprint density at radius 3 is 2.78 bits per heavy atom. The largest absolute Gasteiger partial charge is 0.497 e. The Balaban J connectivity index is 1.83. The first-order valence-electron chi connectivity index (χ1n) is 5.65. The fourth-order valence-electron chi connectivity index (χ4n) is 1.57. The third-order valence-corrected chi connectivity index (χ3v) is 2.55. The van der Waals surface area contributed by atoms with Crippen LogP contribution in [0.5, 0.6) is 5.75 Å². The van der Waals surface area contributed by atoms with Crippen molar-refractivity contribution >= 4 is 5.91 Å². The van der Waals surface area contributed by atoms with Gasteiger partial charge in [0.1, 0.15) is 5.75 Å². The third kappa shape index (κ3) is 3.35. The molecule has 2 N–H and O–H groups in total. The molecule has 0 aliphatic rings. The summed E-state index contributed by atoms with van der Waals surface area (Å²) in [4.78, 5) is 18.5. The topological polar surface area (TPSA) is 67.0 Å². The summed E-state index contributed by atoms with van der Waals surface area (Å²) in [5.41, 5.74) is 1.84. The minimum Gasteiger partial charge on any atom is -0.497 e. The van der Waals surface area contributed by atoms with Crippen LogP contribution in [0, 0.1) is 0 Å². The van der Waals surface area contributed by atoms with Gasteiger partial charge in [0.25, 0.3) is 0 Å². The highest BCUT2D eigenvalue weighted by molar-refractivity contribution is 5.78. The Morgan fingerprint density at radius 1 is 1.39 bits per heavy atom. The number of imidazole rings is 1. The number of ether oxygens (including phenoxy) is 1. The fourth-order valence-corrected chi connectivity index (χ4v) is 1.57. The maximum atomic E-state index is 11.7. The molecule has 94 valence electrons. The molecule has 1 amide bonds. The Bertz CT molecular complexity index is 491. The Morgan fingerprint density at radius 2 is 2.17 bits per heavy atom. The summed E-state index contributed by atoms with van der Waals surface area (Å²) in [6.45, 7) is 0.467. The van der Waals surface area contributed by atoms with Gasteiger partial charge in [-0.05, 0) is 17.7 Å². The van der Waals surface area contributed by atoms with Crippen molar-refractivity contribution in [1.82, 2.24) is 15.3 Å². The van der Waals surface area contributed by atoms with E-state index in [9.17, 15) is 4.79 Å². The number of H-pyrrole nitrogens is 1. The van der Waals surface area contributed by atoms with Crippen molar-refractivity contribution in [3.05, 3.63) is 48.0 Å². The molecule has 1 aromatic heterocycles. The van der Waals surface area contributed by atoms with E-state index in [0.29, 0.717) is 13.0 Å². The van der Waals surface area contributed by atoms with Crippen LogP contribution in [0.15, 0.2) is 36.8 Å². The minimum atomic E-state index is -0.0187. The second-order valence-electron chi connectivity index (χ2n) is 3.88. The molecule has 0 atom stereocenters. The Labute approximate surface area is 105 Å². The number of hydrogen-bond donors (Lipinski definition) is 2. The summed E-state index contributed by atoms with van der Waals surface area (Å²) in [6.07, 6.45) is 3.64. The summed E-state index contributed by atoms with van der Waals surface area (Å²) in [5.74, 6) is 0.770. The number of nitrogens with one attached hydrogen (secondary N) is 2. The molecular weight excluding hydrogens is 230 g/mol. The van der Waals surface area contributed by atoms with E-state index in [1.54, 1.807) is 19.6 Å². The van der Waals surface area contributed by atoms with E-state index in [2.05, 4.69) is 15.3 Å². The molecule has 5 nitrogen and oxygen atoms in total. The average Bonchev–Trinajstić information content (AvgIpc) is 2.90. The maximum absolute atomic E-state index is 11.7. The molecule has 0 saturated heterocycles. The summed E-state index contributed by atoms with van der Waals surface area (Å²) in [6, 6.07) is 7.46. The van der Waals surface area contributed by atoms with Gasteiger partial charge >= 0.3 is 0 Å². The summed E-state index contributed by atoms with van der Waals surface area (Å²) >= 11 is 0. The molecule has 18 heavy (non-hydrogen) atoms. The number of carbonyl (C=O) groups is 1. The monoisotopic (exact) mass is 245 g/mol. The number of hydrogen-bond acceptors (Lipinski definition) is 3. The van der Waals surface area contributed by atoms with E-state index in [-0.39, 0.29) is 5.91 Å². The normalized spacial score (nSPS) is 10.1. The van der Waals surface area contributed by atoms with E-state index in [1.807, 2.05) is 24.3 Å². The van der Waals surface area contributed by atoms with E-state index < -0.39 is 0 Å². The van der Waals surface area contributed by atoms with Gasteiger partial charge in [0.15, 0.2) is 0 Å². The van der Waals surface area contributed by atoms with Crippen molar-refractivity contribution < 1.29 is 9.53 Å². The standard InChI is InChI=1S/C13H15N3O2/c1-18-12-4-2-10(3-5-12)6-13(17)15-8-11-7-14-9-16-11/h2-5,7,9H,6,8H2,1H3,(H,14,16)(H,15,17). The molecule has 0 unspecified atom stereocenters. The quantitative estimate of drug-likeness (QED) is 0.833. The fraction of sp³-hybridized carbons (Fsp3) is 0.231. The molecular formula is C13H15N3O2. The van der Waals surface area contributed by atoms with E-state index >= 15 is 0 Å². The molecule has 1 aromatic carbocycles. The van der Waals surface area contributed by atoms with Crippen LogP contribution in [-0.2, 0) is 17.8 Å². The average molecular weight is 245 g/mol.